The van der Waals surface area contributed by atoms with Crippen LogP contribution in [0.25, 0.3) is 0 Å². The molecule has 0 bridgehead atoms. The number of hydrogen-bond donors (Lipinski definition) is 2. The molecule has 0 aromatic heterocycles. The Morgan fingerprint density at radius 1 is 0.905 bits per heavy atom. The summed E-state index contributed by atoms with van der Waals surface area (Å²) in [4.78, 5) is 10.9. The second-order valence-electron chi connectivity index (χ2n) is 5.32. The van der Waals surface area contributed by atoms with Gasteiger partial charge in [0.25, 0.3) is 10.1 Å². The van der Waals surface area contributed by atoms with Gasteiger partial charge >= 0.3 is 0 Å². The van der Waals surface area contributed by atoms with Gasteiger partial charge in [-0.2, -0.15) is 8.42 Å². The quantitative estimate of drug-likeness (QED) is 0.293. The van der Waals surface area contributed by atoms with Crippen molar-refractivity contribution in [1.82, 2.24) is 5.32 Å². The molecular formula is C15H29NO4S. The molecule has 124 valence electrons. The second-order valence-corrected chi connectivity index (χ2v) is 6.89. The lowest BCUT2D eigenvalue weighted by molar-refractivity contribution is -0.116. The summed E-state index contributed by atoms with van der Waals surface area (Å²) < 4.78 is 29.6. The highest BCUT2D eigenvalue weighted by Gasteiger charge is 2.02. The molecule has 0 spiro atoms. The lowest BCUT2D eigenvalue weighted by Crippen LogP contribution is -2.21. The van der Waals surface area contributed by atoms with Crippen LogP contribution in [-0.4, -0.2) is 31.2 Å². The van der Waals surface area contributed by atoms with E-state index >= 15 is 0 Å². The molecule has 0 fully saturated rings. The zero-order chi connectivity index (χ0) is 16.0. The normalized spacial score (nSPS) is 11.3. The summed E-state index contributed by atoms with van der Waals surface area (Å²) in [6.45, 7) is 4.11. The van der Waals surface area contributed by atoms with Crippen LogP contribution in [0.15, 0.2) is 12.7 Å². The minimum atomic E-state index is -3.78. The Morgan fingerprint density at radius 3 is 1.76 bits per heavy atom. The molecule has 5 nitrogen and oxygen atoms in total. The van der Waals surface area contributed by atoms with Gasteiger partial charge in [0, 0.05) is 6.54 Å². The number of carbonyl (C=O) groups is 1. The molecule has 0 rings (SSSR count). The molecule has 1 amide bonds. The molecule has 0 atom stereocenters. The molecule has 0 aliphatic heterocycles. The number of amides is 1. The first-order valence-corrected chi connectivity index (χ1v) is 9.42. The Kier molecular flexibility index (Phi) is 12.3. The fourth-order valence-corrected chi connectivity index (χ4v) is 2.68. The fraction of sp³-hybridized carbons (Fsp3) is 0.800. The summed E-state index contributed by atoms with van der Waals surface area (Å²) in [6.07, 6.45) is 11.8. The number of nitrogens with one attached hydrogen (secondary N) is 1. The van der Waals surface area contributed by atoms with Crippen molar-refractivity contribution in [2.75, 3.05) is 12.3 Å². The fourth-order valence-electron chi connectivity index (χ4n) is 2.11. The number of carbonyl (C=O) groups excluding carboxylic acids is 1. The Balaban J connectivity index is 3.12. The smallest absolute Gasteiger partial charge is 0.264 e. The zero-order valence-corrected chi connectivity index (χ0v) is 13.7. The number of hydrogen-bond acceptors (Lipinski definition) is 3. The van der Waals surface area contributed by atoms with Gasteiger partial charge < -0.3 is 5.32 Å². The molecule has 0 aromatic carbocycles. The van der Waals surface area contributed by atoms with Gasteiger partial charge in [0.15, 0.2) is 0 Å². The van der Waals surface area contributed by atoms with Crippen LogP contribution in [0, 0.1) is 0 Å². The number of rotatable bonds is 14. The molecule has 0 aromatic rings. The van der Waals surface area contributed by atoms with Crippen LogP contribution in [0.4, 0.5) is 0 Å². The van der Waals surface area contributed by atoms with Gasteiger partial charge in [0.05, 0.1) is 5.75 Å². The van der Waals surface area contributed by atoms with Crippen molar-refractivity contribution in [3.8, 4) is 0 Å². The van der Waals surface area contributed by atoms with Gasteiger partial charge in [-0.1, -0.05) is 57.9 Å². The second kappa shape index (κ2) is 12.8. The standard InChI is InChI=1S/C15H29NO4S/c1-2-15(17)16-13-11-9-7-5-3-4-6-8-10-12-14-21(18,19)20/h2H,1,3-14H2,(H,16,17)(H,18,19,20). The Bertz CT molecular complexity index is 379. The van der Waals surface area contributed by atoms with E-state index in [0.29, 0.717) is 6.42 Å². The highest BCUT2D eigenvalue weighted by Crippen LogP contribution is 2.10. The molecule has 0 unspecified atom stereocenters. The molecule has 0 aliphatic carbocycles. The average Bonchev–Trinajstić information content (AvgIpc) is 2.42. The maximum absolute atomic E-state index is 10.9. The first-order valence-electron chi connectivity index (χ1n) is 7.81. The Morgan fingerprint density at radius 2 is 1.33 bits per heavy atom. The maximum atomic E-state index is 10.9. The molecule has 0 radical (unpaired) electrons. The summed E-state index contributed by atoms with van der Waals surface area (Å²) >= 11 is 0. The minimum absolute atomic E-state index is 0.107. The van der Waals surface area contributed by atoms with Crippen LogP contribution in [0.1, 0.15) is 64.2 Å². The molecule has 0 aliphatic rings. The summed E-state index contributed by atoms with van der Waals surface area (Å²) in [6, 6.07) is 0. The minimum Gasteiger partial charge on any atom is -0.353 e. The topological polar surface area (TPSA) is 83.5 Å². The van der Waals surface area contributed by atoms with Gasteiger partial charge in [-0.25, -0.2) is 0 Å². The van der Waals surface area contributed by atoms with Gasteiger partial charge in [0.1, 0.15) is 0 Å². The Hall–Kier alpha value is -0.880. The van der Waals surface area contributed by atoms with Crippen molar-refractivity contribution in [2.45, 2.75) is 64.2 Å². The first-order chi connectivity index (χ1) is 9.95. The van der Waals surface area contributed by atoms with Crippen molar-refractivity contribution >= 4 is 16.0 Å². The number of unbranched alkanes of at least 4 members (excludes halogenated alkanes) is 9. The Labute approximate surface area is 128 Å². The van der Waals surface area contributed by atoms with E-state index < -0.39 is 10.1 Å². The van der Waals surface area contributed by atoms with Gasteiger partial charge in [-0.05, 0) is 18.9 Å². The van der Waals surface area contributed by atoms with Crippen LogP contribution in [0.2, 0.25) is 0 Å². The predicted octanol–water partition coefficient (Wildman–Crippen LogP) is 3.08. The van der Waals surface area contributed by atoms with Crippen molar-refractivity contribution in [1.29, 1.82) is 0 Å². The molecule has 2 N–H and O–H groups in total. The van der Waals surface area contributed by atoms with E-state index in [2.05, 4.69) is 11.9 Å². The third kappa shape index (κ3) is 17.1. The van der Waals surface area contributed by atoms with E-state index in [0.717, 1.165) is 38.6 Å². The molecule has 0 saturated carbocycles. The molecule has 0 saturated heterocycles. The highest BCUT2D eigenvalue weighted by atomic mass is 32.2. The van der Waals surface area contributed by atoms with Crippen molar-refractivity contribution < 1.29 is 17.8 Å². The van der Waals surface area contributed by atoms with E-state index in [4.69, 9.17) is 4.55 Å². The summed E-state index contributed by atoms with van der Waals surface area (Å²) in [7, 11) is -3.78. The van der Waals surface area contributed by atoms with Crippen LogP contribution < -0.4 is 5.32 Å². The SMILES string of the molecule is C=CC(=O)NCCCCCCCCCCCCS(=O)(=O)O. The van der Waals surface area contributed by atoms with E-state index in [1.165, 1.54) is 31.8 Å². The highest BCUT2D eigenvalue weighted by molar-refractivity contribution is 7.85. The molecular weight excluding hydrogens is 290 g/mol. The third-order valence-corrected chi connectivity index (χ3v) is 4.12. The molecule has 0 heterocycles. The van der Waals surface area contributed by atoms with Crippen molar-refractivity contribution in [2.24, 2.45) is 0 Å². The first kappa shape index (κ1) is 20.1. The summed E-state index contributed by atoms with van der Waals surface area (Å²) in [5, 5.41) is 2.76. The lowest BCUT2D eigenvalue weighted by Gasteiger charge is -2.03. The summed E-state index contributed by atoms with van der Waals surface area (Å²) in [5.74, 6) is -0.223. The van der Waals surface area contributed by atoms with Crippen LogP contribution in [0.5, 0.6) is 0 Å². The van der Waals surface area contributed by atoms with Gasteiger partial charge in [-0.3, -0.25) is 9.35 Å². The van der Waals surface area contributed by atoms with E-state index in [9.17, 15) is 13.2 Å². The van der Waals surface area contributed by atoms with Crippen LogP contribution in [0.3, 0.4) is 0 Å². The van der Waals surface area contributed by atoms with Gasteiger partial charge in [-0.15, -0.1) is 0 Å². The third-order valence-electron chi connectivity index (χ3n) is 3.31. The van der Waals surface area contributed by atoms with E-state index in [1.807, 2.05) is 0 Å². The monoisotopic (exact) mass is 319 g/mol. The molecule has 6 heteroatoms. The van der Waals surface area contributed by atoms with Crippen molar-refractivity contribution in [3.05, 3.63) is 12.7 Å². The zero-order valence-electron chi connectivity index (χ0n) is 12.8. The van der Waals surface area contributed by atoms with E-state index in [1.54, 1.807) is 0 Å². The molecule has 21 heavy (non-hydrogen) atoms. The van der Waals surface area contributed by atoms with E-state index in [-0.39, 0.29) is 11.7 Å². The van der Waals surface area contributed by atoms with Crippen LogP contribution in [-0.2, 0) is 14.9 Å². The average molecular weight is 319 g/mol. The maximum Gasteiger partial charge on any atom is 0.264 e. The van der Waals surface area contributed by atoms with Crippen LogP contribution >= 0.6 is 0 Å². The predicted molar refractivity (Wildman–Crippen MR) is 85.8 cm³/mol. The van der Waals surface area contributed by atoms with Gasteiger partial charge in [0.2, 0.25) is 5.91 Å². The summed E-state index contributed by atoms with van der Waals surface area (Å²) in [5.41, 5.74) is 0. The van der Waals surface area contributed by atoms with Crippen molar-refractivity contribution in [3.63, 3.8) is 0 Å². The lowest BCUT2D eigenvalue weighted by atomic mass is 10.1. The largest absolute Gasteiger partial charge is 0.353 e.